The largest absolute Gasteiger partial charge is 0.457 e. The number of nitrogens with one attached hydrogen (secondary N) is 1. The zero-order valence-electron chi connectivity index (χ0n) is 18.7. The van der Waals surface area contributed by atoms with Crippen molar-refractivity contribution in [3.05, 3.63) is 84.2 Å². The number of benzene rings is 3. The molecule has 1 N–H and O–H groups in total. The van der Waals surface area contributed by atoms with Gasteiger partial charge in [0.15, 0.2) is 5.58 Å². The van der Waals surface area contributed by atoms with Gasteiger partial charge in [0, 0.05) is 19.5 Å². The maximum Gasteiger partial charge on any atom is 0.298 e. The predicted octanol–water partition coefficient (Wildman–Crippen LogP) is 5.48. The van der Waals surface area contributed by atoms with Gasteiger partial charge in [0.25, 0.3) is 6.01 Å². The van der Waals surface area contributed by atoms with E-state index in [0.717, 1.165) is 36.0 Å². The number of ether oxygens (including phenoxy) is 1. The first-order valence-electron chi connectivity index (χ1n) is 11.6. The molecule has 0 radical (unpaired) electrons. The molecule has 1 aromatic heterocycles. The van der Waals surface area contributed by atoms with Crippen molar-refractivity contribution < 1.29 is 18.3 Å². The highest BCUT2D eigenvalue weighted by atomic mass is 19.1. The fraction of sp³-hybridized carbons (Fsp3) is 0.259. The molecule has 174 valence electrons. The van der Waals surface area contributed by atoms with Gasteiger partial charge in [0.05, 0.1) is 6.04 Å². The summed E-state index contributed by atoms with van der Waals surface area (Å²) in [5.74, 6) is 0.928. The number of carbonyl (C=O) groups is 1. The van der Waals surface area contributed by atoms with Crippen LogP contribution in [0.3, 0.4) is 0 Å². The summed E-state index contributed by atoms with van der Waals surface area (Å²) < 4.78 is 24.8. The molecule has 0 saturated carbocycles. The number of para-hydroxylation sites is 2. The minimum absolute atomic E-state index is 0.00858. The quantitative estimate of drug-likeness (QED) is 0.378. The standard InChI is InChI=1S/C27H26FN3O3/c28-20-11-13-22(14-12-20)33-23-7-3-5-19(17-23)10-15-26(32)29-18-21-6-4-16-31(21)27-30-24-8-1-2-9-25(24)34-27/h1-3,5,7-9,11-14,17,21H,4,6,10,15-16,18H2,(H,29,32). The van der Waals surface area contributed by atoms with E-state index in [2.05, 4.69) is 15.2 Å². The van der Waals surface area contributed by atoms with Crippen LogP contribution in [-0.2, 0) is 11.2 Å². The number of hydrogen-bond donors (Lipinski definition) is 1. The average molecular weight is 460 g/mol. The van der Waals surface area contributed by atoms with Gasteiger partial charge in [0.2, 0.25) is 5.91 Å². The van der Waals surface area contributed by atoms with Crippen molar-refractivity contribution in [1.29, 1.82) is 0 Å². The van der Waals surface area contributed by atoms with Crippen LogP contribution in [-0.4, -0.2) is 30.0 Å². The molecule has 0 bridgehead atoms. The van der Waals surface area contributed by atoms with Crippen LogP contribution in [0.4, 0.5) is 10.4 Å². The molecule has 1 amide bonds. The highest BCUT2D eigenvalue weighted by molar-refractivity contribution is 5.76. The highest BCUT2D eigenvalue weighted by Gasteiger charge is 2.28. The van der Waals surface area contributed by atoms with E-state index in [1.54, 1.807) is 12.1 Å². The average Bonchev–Trinajstić information content (AvgIpc) is 3.50. The summed E-state index contributed by atoms with van der Waals surface area (Å²) in [6, 6.07) is 22.0. The van der Waals surface area contributed by atoms with E-state index in [9.17, 15) is 9.18 Å². The van der Waals surface area contributed by atoms with Crippen molar-refractivity contribution >= 4 is 23.0 Å². The zero-order chi connectivity index (χ0) is 23.3. The third-order valence-electron chi connectivity index (χ3n) is 6.03. The monoisotopic (exact) mass is 459 g/mol. The summed E-state index contributed by atoms with van der Waals surface area (Å²) in [5.41, 5.74) is 2.62. The van der Waals surface area contributed by atoms with E-state index in [1.165, 1.54) is 12.1 Å². The van der Waals surface area contributed by atoms with E-state index in [-0.39, 0.29) is 17.8 Å². The first kappa shape index (κ1) is 21.9. The summed E-state index contributed by atoms with van der Waals surface area (Å²) in [4.78, 5) is 19.3. The Morgan fingerprint density at radius 1 is 1.09 bits per heavy atom. The van der Waals surface area contributed by atoms with Crippen LogP contribution >= 0.6 is 0 Å². The van der Waals surface area contributed by atoms with Crippen LogP contribution in [0.15, 0.2) is 77.2 Å². The van der Waals surface area contributed by atoms with E-state index in [0.29, 0.717) is 36.9 Å². The molecule has 0 spiro atoms. The van der Waals surface area contributed by atoms with Crippen LogP contribution in [0, 0.1) is 5.82 Å². The van der Waals surface area contributed by atoms with Crippen LogP contribution in [0.25, 0.3) is 11.1 Å². The molecule has 34 heavy (non-hydrogen) atoms. The summed E-state index contributed by atoms with van der Waals surface area (Å²) in [6.45, 7) is 1.43. The lowest BCUT2D eigenvalue weighted by atomic mass is 10.1. The van der Waals surface area contributed by atoms with Gasteiger partial charge in [-0.15, -0.1) is 0 Å². The Morgan fingerprint density at radius 3 is 2.79 bits per heavy atom. The van der Waals surface area contributed by atoms with E-state index < -0.39 is 0 Å². The number of aryl methyl sites for hydroxylation is 1. The fourth-order valence-corrected chi connectivity index (χ4v) is 4.26. The third kappa shape index (κ3) is 5.20. The van der Waals surface area contributed by atoms with Crippen LogP contribution in [0.1, 0.15) is 24.8 Å². The van der Waals surface area contributed by atoms with Crippen LogP contribution < -0.4 is 15.0 Å². The Kier molecular flexibility index (Phi) is 6.42. The summed E-state index contributed by atoms with van der Waals surface area (Å²) in [7, 11) is 0. The van der Waals surface area contributed by atoms with Gasteiger partial charge in [-0.25, -0.2) is 4.39 Å². The minimum atomic E-state index is -0.304. The number of halogens is 1. The summed E-state index contributed by atoms with van der Waals surface area (Å²) >= 11 is 0. The first-order valence-corrected chi connectivity index (χ1v) is 11.6. The Bertz CT molecular complexity index is 1240. The van der Waals surface area contributed by atoms with Crippen molar-refractivity contribution in [2.45, 2.75) is 31.7 Å². The second-order valence-electron chi connectivity index (χ2n) is 8.46. The number of nitrogens with zero attached hydrogens (tertiary/aromatic N) is 2. The van der Waals surface area contributed by atoms with E-state index >= 15 is 0 Å². The lowest BCUT2D eigenvalue weighted by Gasteiger charge is -2.23. The molecule has 4 aromatic rings. The number of hydrogen-bond acceptors (Lipinski definition) is 5. The molecule has 1 aliphatic heterocycles. The molecule has 1 saturated heterocycles. The molecule has 1 aliphatic rings. The Labute approximate surface area is 197 Å². The van der Waals surface area contributed by atoms with E-state index in [1.807, 2.05) is 48.5 Å². The van der Waals surface area contributed by atoms with Gasteiger partial charge in [-0.1, -0.05) is 24.3 Å². The molecule has 1 atom stereocenters. The second-order valence-corrected chi connectivity index (χ2v) is 8.46. The van der Waals surface area contributed by atoms with Gasteiger partial charge in [-0.2, -0.15) is 4.98 Å². The zero-order valence-corrected chi connectivity index (χ0v) is 18.7. The molecular weight excluding hydrogens is 433 g/mol. The molecular formula is C27H26FN3O3. The number of rotatable bonds is 8. The fourth-order valence-electron chi connectivity index (χ4n) is 4.26. The van der Waals surface area contributed by atoms with Gasteiger partial charge >= 0.3 is 0 Å². The van der Waals surface area contributed by atoms with Crippen molar-refractivity contribution in [3.8, 4) is 11.5 Å². The van der Waals surface area contributed by atoms with Crippen molar-refractivity contribution in [3.63, 3.8) is 0 Å². The molecule has 6 nitrogen and oxygen atoms in total. The van der Waals surface area contributed by atoms with Crippen LogP contribution in [0.2, 0.25) is 0 Å². The second kappa shape index (κ2) is 9.95. The number of oxazole rings is 1. The molecule has 2 heterocycles. The number of fused-ring (bicyclic) bond motifs is 1. The Morgan fingerprint density at radius 2 is 1.94 bits per heavy atom. The van der Waals surface area contributed by atoms with Crippen LogP contribution in [0.5, 0.6) is 11.5 Å². The lowest BCUT2D eigenvalue weighted by molar-refractivity contribution is -0.121. The Balaban J connectivity index is 1.12. The smallest absolute Gasteiger partial charge is 0.298 e. The number of aromatic nitrogens is 1. The third-order valence-corrected chi connectivity index (χ3v) is 6.03. The number of amides is 1. The number of carbonyl (C=O) groups excluding carboxylic acids is 1. The SMILES string of the molecule is O=C(CCc1cccc(Oc2ccc(F)cc2)c1)NCC1CCCN1c1nc2ccccc2o1. The van der Waals surface area contributed by atoms with E-state index in [4.69, 9.17) is 9.15 Å². The lowest BCUT2D eigenvalue weighted by Crippen LogP contribution is -2.40. The number of anilines is 1. The highest BCUT2D eigenvalue weighted by Crippen LogP contribution is 2.28. The summed E-state index contributed by atoms with van der Waals surface area (Å²) in [6.07, 6.45) is 3.02. The maximum absolute atomic E-state index is 13.1. The molecule has 5 rings (SSSR count). The maximum atomic E-state index is 13.1. The topological polar surface area (TPSA) is 67.6 Å². The predicted molar refractivity (Wildman–Crippen MR) is 129 cm³/mol. The normalized spacial score (nSPS) is 15.6. The molecule has 0 aliphatic carbocycles. The van der Waals surface area contributed by atoms with Crippen molar-refractivity contribution in [1.82, 2.24) is 10.3 Å². The first-order chi connectivity index (χ1) is 16.6. The molecule has 1 unspecified atom stereocenters. The summed E-state index contributed by atoms with van der Waals surface area (Å²) in [5, 5.41) is 3.07. The molecule has 1 fully saturated rings. The minimum Gasteiger partial charge on any atom is -0.457 e. The van der Waals surface area contributed by atoms with Crippen molar-refractivity contribution in [2.24, 2.45) is 0 Å². The van der Waals surface area contributed by atoms with Gasteiger partial charge in [0.1, 0.15) is 22.8 Å². The van der Waals surface area contributed by atoms with Gasteiger partial charge in [-0.3, -0.25) is 4.79 Å². The van der Waals surface area contributed by atoms with Gasteiger partial charge in [-0.05, 0) is 73.4 Å². The van der Waals surface area contributed by atoms with Crippen molar-refractivity contribution in [2.75, 3.05) is 18.0 Å². The Hall–Kier alpha value is -3.87. The molecule has 3 aromatic carbocycles. The molecule has 7 heteroatoms. The van der Waals surface area contributed by atoms with Gasteiger partial charge < -0.3 is 19.4 Å².